The normalized spacial score (nSPS) is 16.8. The predicted octanol–water partition coefficient (Wildman–Crippen LogP) is 3.11. The maximum absolute atomic E-state index is 4.43. The third-order valence-corrected chi connectivity index (χ3v) is 2.82. The number of rotatable bonds is 0. The zero-order valence-corrected chi connectivity index (χ0v) is 8.60. The highest BCUT2D eigenvalue weighted by atomic mass is 79.9. The van der Waals surface area contributed by atoms with Crippen LogP contribution in [-0.4, -0.2) is 4.98 Å². The van der Waals surface area contributed by atoms with Gasteiger partial charge in [-0.05, 0) is 53.2 Å². The predicted molar refractivity (Wildman–Crippen MR) is 53.2 cm³/mol. The summed E-state index contributed by atoms with van der Waals surface area (Å²) in [5, 5.41) is 0. The van der Waals surface area contributed by atoms with Gasteiger partial charge >= 0.3 is 0 Å². The van der Waals surface area contributed by atoms with E-state index < -0.39 is 0 Å². The first-order valence-electron chi connectivity index (χ1n) is 4.49. The number of halogens is 1. The standard InChI is InChI=1S/C10H12BrN/c11-9-6-8-4-2-1-3-5-10(8)12-7-9/h6-7H,1-5H2. The minimum atomic E-state index is 1.11. The van der Waals surface area contributed by atoms with Crippen LogP contribution in [0.15, 0.2) is 16.7 Å². The van der Waals surface area contributed by atoms with Gasteiger partial charge in [0.25, 0.3) is 0 Å². The number of hydrogen-bond donors (Lipinski definition) is 0. The molecule has 64 valence electrons. The lowest BCUT2D eigenvalue weighted by atomic mass is 10.1. The summed E-state index contributed by atoms with van der Waals surface area (Å²) >= 11 is 3.45. The Morgan fingerprint density at radius 1 is 1.17 bits per heavy atom. The fraction of sp³-hybridized carbons (Fsp3) is 0.500. The van der Waals surface area contributed by atoms with Crippen LogP contribution in [0, 0.1) is 0 Å². The lowest BCUT2D eigenvalue weighted by Gasteiger charge is -2.03. The third-order valence-electron chi connectivity index (χ3n) is 2.39. The van der Waals surface area contributed by atoms with Crippen LogP contribution in [0.5, 0.6) is 0 Å². The van der Waals surface area contributed by atoms with Gasteiger partial charge in [0.15, 0.2) is 0 Å². The number of pyridine rings is 1. The molecule has 1 nitrogen and oxygen atoms in total. The van der Waals surface area contributed by atoms with Gasteiger partial charge in [-0.25, -0.2) is 0 Å². The summed E-state index contributed by atoms with van der Waals surface area (Å²) in [7, 11) is 0. The lowest BCUT2D eigenvalue weighted by Crippen LogP contribution is -1.94. The van der Waals surface area contributed by atoms with E-state index in [1.807, 2.05) is 6.20 Å². The Bertz CT molecular complexity index is 283. The van der Waals surface area contributed by atoms with E-state index in [0.29, 0.717) is 0 Å². The second kappa shape index (κ2) is 3.56. The van der Waals surface area contributed by atoms with Crippen LogP contribution < -0.4 is 0 Å². The molecule has 0 spiro atoms. The van der Waals surface area contributed by atoms with E-state index in [9.17, 15) is 0 Å². The molecule has 0 unspecified atom stereocenters. The fourth-order valence-corrected chi connectivity index (χ4v) is 2.11. The Kier molecular flexibility index (Phi) is 2.45. The minimum Gasteiger partial charge on any atom is -0.260 e. The van der Waals surface area contributed by atoms with Crippen LogP contribution in [0.4, 0.5) is 0 Å². The van der Waals surface area contributed by atoms with Crippen LogP contribution in [0.3, 0.4) is 0 Å². The summed E-state index contributed by atoms with van der Waals surface area (Å²) in [6, 6.07) is 2.22. The van der Waals surface area contributed by atoms with Crippen molar-refractivity contribution in [1.29, 1.82) is 0 Å². The number of hydrogen-bond acceptors (Lipinski definition) is 1. The van der Waals surface area contributed by atoms with E-state index in [0.717, 1.165) is 4.47 Å². The lowest BCUT2D eigenvalue weighted by molar-refractivity contribution is 0.708. The molecule has 1 heterocycles. The number of aryl methyl sites for hydroxylation is 2. The van der Waals surface area contributed by atoms with Crippen LogP contribution in [0.25, 0.3) is 0 Å². The molecule has 2 rings (SSSR count). The van der Waals surface area contributed by atoms with Crippen LogP contribution in [-0.2, 0) is 12.8 Å². The van der Waals surface area contributed by atoms with E-state index >= 15 is 0 Å². The zero-order chi connectivity index (χ0) is 8.39. The molecule has 0 radical (unpaired) electrons. The molecule has 1 aromatic heterocycles. The van der Waals surface area contributed by atoms with Gasteiger partial charge in [0.2, 0.25) is 0 Å². The molecule has 2 heteroatoms. The molecular formula is C10H12BrN. The van der Waals surface area contributed by atoms with Gasteiger partial charge in [-0.2, -0.15) is 0 Å². The van der Waals surface area contributed by atoms with E-state index in [4.69, 9.17) is 0 Å². The Hall–Kier alpha value is -0.370. The molecule has 0 fully saturated rings. The highest BCUT2D eigenvalue weighted by Crippen LogP contribution is 2.21. The van der Waals surface area contributed by atoms with Gasteiger partial charge in [-0.1, -0.05) is 6.42 Å². The molecule has 0 N–H and O–H groups in total. The van der Waals surface area contributed by atoms with Crippen molar-refractivity contribution in [2.45, 2.75) is 32.1 Å². The van der Waals surface area contributed by atoms with Crippen molar-refractivity contribution < 1.29 is 0 Å². The molecule has 1 aliphatic rings. The fourth-order valence-electron chi connectivity index (χ4n) is 1.74. The maximum Gasteiger partial charge on any atom is 0.0436 e. The van der Waals surface area contributed by atoms with Crippen molar-refractivity contribution in [2.24, 2.45) is 0 Å². The average molecular weight is 226 g/mol. The summed E-state index contributed by atoms with van der Waals surface area (Å²) < 4.78 is 1.11. The number of aromatic nitrogens is 1. The zero-order valence-electron chi connectivity index (χ0n) is 7.02. The Morgan fingerprint density at radius 3 is 2.92 bits per heavy atom. The first kappa shape index (κ1) is 8.24. The van der Waals surface area contributed by atoms with Crippen molar-refractivity contribution in [3.63, 3.8) is 0 Å². The summed E-state index contributed by atoms with van der Waals surface area (Å²) in [6.45, 7) is 0. The molecule has 1 aromatic rings. The molecule has 0 aliphatic heterocycles. The third kappa shape index (κ3) is 1.69. The van der Waals surface area contributed by atoms with Gasteiger partial charge < -0.3 is 0 Å². The van der Waals surface area contributed by atoms with Gasteiger partial charge in [0.05, 0.1) is 0 Å². The summed E-state index contributed by atoms with van der Waals surface area (Å²) in [6.07, 6.45) is 8.27. The average Bonchev–Trinajstić information content (AvgIpc) is 2.28. The molecule has 0 bridgehead atoms. The summed E-state index contributed by atoms with van der Waals surface area (Å²) in [4.78, 5) is 4.43. The molecule has 0 aromatic carbocycles. The van der Waals surface area contributed by atoms with Crippen molar-refractivity contribution in [3.8, 4) is 0 Å². The van der Waals surface area contributed by atoms with Crippen molar-refractivity contribution >= 4 is 15.9 Å². The van der Waals surface area contributed by atoms with E-state index in [1.165, 1.54) is 43.4 Å². The smallest absolute Gasteiger partial charge is 0.0436 e. The Morgan fingerprint density at radius 2 is 2.00 bits per heavy atom. The van der Waals surface area contributed by atoms with Crippen molar-refractivity contribution in [3.05, 3.63) is 28.0 Å². The summed E-state index contributed by atoms with van der Waals surface area (Å²) in [5.41, 5.74) is 2.76. The Labute approximate surface area is 81.3 Å². The molecule has 1 aliphatic carbocycles. The Balaban J connectivity index is 2.36. The quantitative estimate of drug-likeness (QED) is 0.619. The van der Waals surface area contributed by atoms with Crippen LogP contribution in [0.1, 0.15) is 30.5 Å². The highest BCUT2D eigenvalue weighted by Gasteiger charge is 2.08. The highest BCUT2D eigenvalue weighted by molar-refractivity contribution is 9.10. The SMILES string of the molecule is Brc1cnc2c(c1)CCCCC2. The molecular weight excluding hydrogens is 214 g/mol. The first-order valence-corrected chi connectivity index (χ1v) is 5.29. The molecule has 0 saturated heterocycles. The van der Waals surface area contributed by atoms with Gasteiger partial charge in [-0.15, -0.1) is 0 Å². The van der Waals surface area contributed by atoms with E-state index in [1.54, 1.807) is 0 Å². The molecule has 0 amide bonds. The second-order valence-corrected chi connectivity index (χ2v) is 4.24. The van der Waals surface area contributed by atoms with E-state index in [-0.39, 0.29) is 0 Å². The largest absolute Gasteiger partial charge is 0.260 e. The minimum absolute atomic E-state index is 1.11. The molecule has 0 saturated carbocycles. The monoisotopic (exact) mass is 225 g/mol. The van der Waals surface area contributed by atoms with Gasteiger partial charge in [0, 0.05) is 16.4 Å². The van der Waals surface area contributed by atoms with Gasteiger partial charge in [0.1, 0.15) is 0 Å². The second-order valence-electron chi connectivity index (χ2n) is 3.32. The van der Waals surface area contributed by atoms with Gasteiger partial charge in [-0.3, -0.25) is 4.98 Å². The van der Waals surface area contributed by atoms with Crippen molar-refractivity contribution in [2.75, 3.05) is 0 Å². The van der Waals surface area contributed by atoms with E-state index in [2.05, 4.69) is 27.0 Å². The molecule has 0 atom stereocenters. The van der Waals surface area contributed by atoms with Crippen molar-refractivity contribution in [1.82, 2.24) is 4.98 Å². The number of nitrogens with zero attached hydrogens (tertiary/aromatic N) is 1. The molecule has 12 heavy (non-hydrogen) atoms. The summed E-state index contributed by atoms with van der Waals surface area (Å²) in [5.74, 6) is 0. The van der Waals surface area contributed by atoms with Crippen LogP contribution >= 0.6 is 15.9 Å². The topological polar surface area (TPSA) is 12.9 Å². The maximum atomic E-state index is 4.43. The first-order chi connectivity index (χ1) is 5.86. The number of fused-ring (bicyclic) bond motifs is 1. The van der Waals surface area contributed by atoms with Crippen LogP contribution in [0.2, 0.25) is 0 Å².